The summed E-state index contributed by atoms with van der Waals surface area (Å²) in [6.45, 7) is 6.92. The molecule has 0 heterocycles. The van der Waals surface area contributed by atoms with Crippen molar-refractivity contribution < 1.29 is 1.37 Å². The Labute approximate surface area is 107 Å². The summed E-state index contributed by atoms with van der Waals surface area (Å²) >= 11 is 0. The molecule has 1 aromatic rings. The fraction of sp³-hybridized carbons (Fsp3) is 0.625. The summed E-state index contributed by atoms with van der Waals surface area (Å²) in [6.07, 6.45) is 5.94. The Morgan fingerprint density at radius 3 is 2.71 bits per heavy atom. The van der Waals surface area contributed by atoms with E-state index in [2.05, 4.69) is 24.8 Å². The van der Waals surface area contributed by atoms with E-state index in [-0.39, 0.29) is 0 Å². The molecule has 0 radical (unpaired) electrons. The zero-order valence-electron chi connectivity index (χ0n) is 12.2. The average molecular weight is 232 g/mol. The predicted octanol–water partition coefficient (Wildman–Crippen LogP) is 3.67. The summed E-state index contributed by atoms with van der Waals surface area (Å²) in [5.41, 5.74) is 2.71. The molecule has 0 amide bonds. The molecule has 0 saturated carbocycles. The van der Waals surface area contributed by atoms with Crippen LogP contribution in [0.15, 0.2) is 24.2 Å². The molecule has 1 aliphatic rings. The van der Waals surface area contributed by atoms with Crippen LogP contribution in [0.4, 0.5) is 0 Å². The number of rotatable bonds is 5. The van der Waals surface area contributed by atoms with Crippen molar-refractivity contribution >= 4 is 0 Å². The summed E-state index contributed by atoms with van der Waals surface area (Å²) < 4.78 is 8.07. The zero-order valence-corrected chi connectivity index (χ0v) is 11.2. The topological polar surface area (TPSA) is 3.24 Å². The van der Waals surface area contributed by atoms with Crippen LogP contribution in [0.1, 0.15) is 45.6 Å². The molecule has 0 saturated heterocycles. The lowest BCUT2D eigenvalue weighted by molar-refractivity contribution is 0.180. The lowest BCUT2D eigenvalue weighted by Crippen LogP contribution is -2.40. The summed E-state index contributed by atoms with van der Waals surface area (Å²) in [5.74, 6) is 0. The van der Waals surface area contributed by atoms with Gasteiger partial charge in [0.2, 0.25) is 0 Å². The summed E-state index contributed by atoms with van der Waals surface area (Å²) in [6, 6.07) is 7.56. The summed E-state index contributed by atoms with van der Waals surface area (Å²) in [5, 5.41) is 0. The third kappa shape index (κ3) is 3.10. The Hall–Kier alpha value is -0.820. The van der Waals surface area contributed by atoms with Gasteiger partial charge in [0.25, 0.3) is 0 Å². The number of hydrogen-bond donors (Lipinski definition) is 0. The molecule has 17 heavy (non-hydrogen) atoms. The van der Waals surface area contributed by atoms with Crippen molar-refractivity contribution in [3.05, 3.63) is 35.4 Å². The second kappa shape index (κ2) is 6.20. The minimum absolute atomic E-state index is 0.656. The van der Waals surface area contributed by atoms with E-state index in [1.807, 2.05) is 12.1 Å². The average Bonchev–Trinajstić information content (AvgIpc) is 2.39. The van der Waals surface area contributed by atoms with Gasteiger partial charge in [0.1, 0.15) is 0 Å². The van der Waals surface area contributed by atoms with Crippen molar-refractivity contribution in [1.29, 1.82) is 0 Å². The van der Waals surface area contributed by atoms with E-state index in [4.69, 9.17) is 1.37 Å². The van der Waals surface area contributed by atoms with Crippen LogP contribution < -0.4 is 0 Å². The Morgan fingerprint density at radius 1 is 1.24 bits per heavy atom. The molecule has 1 aromatic carbocycles. The van der Waals surface area contributed by atoms with Crippen LogP contribution in [-0.4, -0.2) is 24.0 Å². The molecule has 1 nitrogen and oxygen atoms in total. The summed E-state index contributed by atoms with van der Waals surface area (Å²) in [7, 11) is 0. The van der Waals surface area contributed by atoms with E-state index in [9.17, 15) is 0 Å². The molecule has 1 unspecified atom stereocenters. The minimum atomic E-state index is 0.656. The smallest absolute Gasteiger partial charge is 0.0626 e. The quantitative estimate of drug-likeness (QED) is 0.749. The van der Waals surface area contributed by atoms with Crippen LogP contribution in [0, 0.1) is 0 Å². The molecule has 1 heteroatoms. The maximum Gasteiger partial charge on any atom is 0.0626 e. The van der Waals surface area contributed by atoms with Crippen molar-refractivity contribution in [2.75, 3.05) is 13.1 Å². The highest BCUT2D eigenvalue weighted by Crippen LogP contribution is 2.24. The first kappa shape index (κ1) is 11.3. The first-order valence-corrected chi connectivity index (χ1v) is 7.07. The fourth-order valence-electron chi connectivity index (χ4n) is 2.95. The molecule has 1 atom stereocenters. The summed E-state index contributed by atoms with van der Waals surface area (Å²) in [4.78, 5) is 2.63. The normalized spacial score (nSPS) is 20.2. The van der Waals surface area contributed by atoms with Crippen molar-refractivity contribution in [1.82, 2.24) is 4.90 Å². The van der Waals surface area contributed by atoms with Gasteiger partial charge in [-0.2, -0.15) is 0 Å². The van der Waals surface area contributed by atoms with Crippen LogP contribution in [0.2, 0.25) is 0 Å². The van der Waals surface area contributed by atoms with Gasteiger partial charge in [-0.1, -0.05) is 38.1 Å². The van der Waals surface area contributed by atoms with Crippen LogP contribution in [0.5, 0.6) is 0 Å². The zero-order chi connectivity index (χ0) is 13.0. The van der Waals surface area contributed by atoms with Gasteiger partial charge >= 0.3 is 0 Å². The Morgan fingerprint density at radius 2 is 2.00 bits per heavy atom. The SMILES string of the molecule is [2H]c1cccc2c1CC(N(CCC)CCC)CC2. The molecule has 0 N–H and O–H groups in total. The van der Waals surface area contributed by atoms with Crippen LogP contribution in [0.3, 0.4) is 0 Å². The molecule has 0 bridgehead atoms. The molecule has 94 valence electrons. The van der Waals surface area contributed by atoms with Crippen molar-refractivity contribution in [3.8, 4) is 0 Å². The van der Waals surface area contributed by atoms with E-state index in [0.717, 1.165) is 18.9 Å². The molecule has 2 rings (SSSR count). The molecule has 0 spiro atoms. The predicted molar refractivity (Wildman–Crippen MR) is 74.4 cm³/mol. The van der Waals surface area contributed by atoms with E-state index in [1.54, 1.807) is 0 Å². The highest BCUT2D eigenvalue weighted by Gasteiger charge is 2.22. The number of hydrogen-bond acceptors (Lipinski definition) is 1. The van der Waals surface area contributed by atoms with Gasteiger partial charge in [-0.25, -0.2) is 0 Å². The Kier molecular flexibility index (Phi) is 4.12. The van der Waals surface area contributed by atoms with Crippen LogP contribution in [-0.2, 0) is 12.8 Å². The van der Waals surface area contributed by atoms with E-state index < -0.39 is 0 Å². The molecular formula is C16H25N. The molecule has 0 aromatic heterocycles. The second-order valence-corrected chi connectivity index (χ2v) is 5.11. The van der Waals surface area contributed by atoms with E-state index in [1.165, 1.54) is 43.5 Å². The molecule has 0 aliphatic heterocycles. The van der Waals surface area contributed by atoms with Gasteiger partial charge in [0.15, 0.2) is 0 Å². The maximum absolute atomic E-state index is 8.07. The number of aryl methyl sites for hydroxylation is 1. The van der Waals surface area contributed by atoms with Gasteiger partial charge in [0.05, 0.1) is 1.37 Å². The lowest BCUT2D eigenvalue weighted by atomic mass is 9.87. The van der Waals surface area contributed by atoms with Gasteiger partial charge in [0, 0.05) is 6.04 Å². The van der Waals surface area contributed by atoms with Crippen molar-refractivity contribution in [3.63, 3.8) is 0 Å². The Balaban J connectivity index is 2.12. The van der Waals surface area contributed by atoms with Crippen molar-refractivity contribution in [2.45, 2.75) is 52.0 Å². The number of fused-ring (bicyclic) bond motifs is 1. The minimum Gasteiger partial charge on any atom is -0.300 e. The van der Waals surface area contributed by atoms with Gasteiger partial charge in [-0.3, -0.25) is 0 Å². The standard InChI is InChI=1S/C16H25N/c1-3-11-17(12-4-2)16-10-9-14-7-5-6-8-15(14)13-16/h5-8,16H,3-4,9-13H2,1-2H3/i8D. The Bertz CT molecular complexity index is 383. The highest BCUT2D eigenvalue weighted by atomic mass is 15.1. The third-order valence-corrected chi connectivity index (χ3v) is 3.76. The van der Waals surface area contributed by atoms with Gasteiger partial charge < -0.3 is 4.90 Å². The molecular weight excluding hydrogens is 206 g/mol. The number of benzene rings is 1. The van der Waals surface area contributed by atoms with Gasteiger partial charge in [-0.05, 0) is 56.3 Å². The first-order valence-electron chi connectivity index (χ1n) is 7.57. The molecule has 0 fully saturated rings. The van der Waals surface area contributed by atoms with E-state index >= 15 is 0 Å². The van der Waals surface area contributed by atoms with Crippen LogP contribution >= 0.6 is 0 Å². The monoisotopic (exact) mass is 232 g/mol. The maximum atomic E-state index is 8.07. The molecule has 1 aliphatic carbocycles. The third-order valence-electron chi connectivity index (χ3n) is 3.76. The van der Waals surface area contributed by atoms with Crippen LogP contribution in [0.25, 0.3) is 0 Å². The number of nitrogens with zero attached hydrogens (tertiary/aromatic N) is 1. The highest BCUT2D eigenvalue weighted by molar-refractivity contribution is 5.30. The van der Waals surface area contributed by atoms with E-state index in [0.29, 0.717) is 6.04 Å². The fourth-order valence-corrected chi connectivity index (χ4v) is 2.95. The van der Waals surface area contributed by atoms with Crippen molar-refractivity contribution in [2.24, 2.45) is 0 Å². The second-order valence-electron chi connectivity index (χ2n) is 5.11. The largest absolute Gasteiger partial charge is 0.300 e. The first-order chi connectivity index (χ1) is 8.76. The lowest BCUT2D eigenvalue weighted by Gasteiger charge is -2.35. The van der Waals surface area contributed by atoms with Gasteiger partial charge in [-0.15, -0.1) is 0 Å².